The molecule has 1 amide bonds. The summed E-state index contributed by atoms with van der Waals surface area (Å²) in [6.07, 6.45) is 1.03. The Morgan fingerprint density at radius 3 is 2.56 bits per heavy atom. The fourth-order valence-electron chi connectivity index (χ4n) is 1.44. The van der Waals surface area contributed by atoms with Crippen molar-refractivity contribution in [2.24, 2.45) is 4.99 Å². The molecule has 1 N–H and O–H groups in total. The summed E-state index contributed by atoms with van der Waals surface area (Å²) in [5, 5.41) is 3.42. The predicted molar refractivity (Wildman–Crippen MR) is 68.1 cm³/mol. The average molecular weight is 234 g/mol. The molecular weight excluding hydrogens is 220 g/mol. The van der Waals surface area contributed by atoms with Gasteiger partial charge in [-0.2, -0.15) is 0 Å². The van der Waals surface area contributed by atoms with Gasteiger partial charge in [0.2, 0.25) is 5.91 Å². The van der Waals surface area contributed by atoms with Gasteiger partial charge in [-0.25, -0.2) is 4.99 Å². The molecule has 0 radical (unpaired) electrons. The molecule has 1 aliphatic rings. The van der Waals surface area contributed by atoms with Crippen LogP contribution in [0.3, 0.4) is 0 Å². The van der Waals surface area contributed by atoms with Crippen molar-refractivity contribution in [3.05, 3.63) is 29.8 Å². The van der Waals surface area contributed by atoms with Crippen LogP contribution in [0.5, 0.6) is 0 Å². The number of nitrogens with zero attached hydrogens (tertiary/aromatic N) is 1. The lowest BCUT2D eigenvalue weighted by Gasteiger charge is -1.98. The molecule has 0 aromatic heterocycles. The molecule has 2 rings (SSSR count). The highest BCUT2D eigenvalue weighted by atomic mass is 32.2. The van der Waals surface area contributed by atoms with E-state index >= 15 is 0 Å². The third-order valence-electron chi connectivity index (χ3n) is 2.46. The number of carbonyl (C=O) groups excluding carboxylic acids is 1. The first-order valence-electron chi connectivity index (χ1n) is 5.34. The average Bonchev–Trinajstić information content (AvgIpc) is 2.59. The van der Waals surface area contributed by atoms with E-state index in [9.17, 15) is 4.79 Å². The van der Waals surface area contributed by atoms with Gasteiger partial charge < -0.3 is 5.32 Å². The molecule has 1 heterocycles. The van der Waals surface area contributed by atoms with Gasteiger partial charge in [-0.05, 0) is 31.0 Å². The fourth-order valence-corrected chi connectivity index (χ4v) is 2.25. The van der Waals surface area contributed by atoms with E-state index in [0.29, 0.717) is 5.17 Å². The van der Waals surface area contributed by atoms with Crippen LogP contribution in [0.4, 0.5) is 5.69 Å². The minimum Gasteiger partial charge on any atom is -0.304 e. The largest absolute Gasteiger partial charge is 0.304 e. The molecule has 1 aromatic rings. The van der Waals surface area contributed by atoms with Crippen LogP contribution in [-0.4, -0.2) is 16.3 Å². The minimum absolute atomic E-state index is 0.0336. The quantitative estimate of drug-likeness (QED) is 0.854. The van der Waals surface area contributed by atoms with Crippen LogP contribution in [0.15, 0.2) is 29.3 Å². The molecule has 1 aromatic carbocycles. The summed E-state index contributed by atoms with van der Waals surface area (Å²) in [6, 6.07) is 8.07. The molecule has 1 atom stereocenters. The van der Waals surface area contributed by atoms with Crippen molar-refractivity contribution in [3.63, 3.8) is 0 Å². The first kappa shape index (κ1) is 11.2. The molecule has 0 saturated carbocycles. The zero-order chi connectivity index (χ0) is 11.5. The van der Waals surface area contributed by atoms with Gasteiger partial charge in [-0.15, -0.1) is 0 Å². The van der Waals surface area contributed by atoms with Crippen LogP contribution >= 0.6 is 11.8 Å². The number of nitrogens with one attached hydrogen (secondary N) is 1. The Morgan fingerprint density at radius 1 is 1.38 bits per heavy atom. The van der Waals surface area contributed by atoms with Crippen molar-refractivity contribution in [1.82, 2.24) is 5.32 Å². The topological polar surface area (TPSA) is 41.5 Å². The van der Waals surface area contributed by atoms with Gasteiger partial charge in [0, 0.05) is 0 Å². The second-order valence-corrected chi connectivity index (χ2v) is 5.02. The molecule has 0 bridgehead atoms. The van der Waals surface area contributed by atoms with E-state index in [2.05, 4.69) is 29.4 Å². The number of amides is 1. The lowest BCUT2D eigenvalue weighted by Crippen LogP contribution is -2.23. The lowest BCUT2D eigenvalue weighted by atomic mass is 10.2. The van der Waals surface area contributed by atoms with Crippen molar-refractivity contribution in [2.75, 3.05) is 0 Å². The smallest absolute Gasteiger partial charge is 0.239 e. The van der Waals surface area contributed by atoms with Gasteiger partial charge in [-0.1, -0.05) is 30.8 Å². The first-order valence-corrected chi connectivity index (χ1v) is 6.22. The molecular formula is C12H14N2OS. The number of rotatable bonds is 2. The fraction of sp³-hybridized carbons (Fsp3) is 0.333. The standard InChI is InChI=1S/C12H14N2OS/c1-3-9-4-6-10(7-5-9)13-12-14-11(15)8(2)16-12/h4-8H,3H2,1-2H3,(H,13,14,15). The predicted octanol–water partition coefficient (Wildman–Crippen LogP) is 2.49. The molecule has 1 saturated heterocycles. The van der Waals surface area contributed by atoms with E-state index in [1.165, 1.54) is 17.3 Å². The monoisotopic (exact) mass is 234 g/mol. The number of aryl methyl sites for hydroxylation is 1. The molecule has 3 nitrogen and oxygen atoms in total. The van der Waals surface area contributed by atoms with Gasteiger partial charge >= 0.3 is 0 Å². The van der Waals surface area contributed by atoms with Crippen LogP contribution in [-0.2, 0) is 11.2 Å². The highest BCUT2D eigenvalue weighted by Gasteiger charge is 2.25. The van der Waals surface area contributed by atoms with Crippen LogP contribution in [0.2, 0.25) is 0 Å². The van der Waals surface area contributed by atoms with E-state index in [-0.39, 0.29) is 11.2 Å². The Labute approximate surface area is 99.3 Å². The van der Waals surface area contributed by atoms with Gasteiger partial charge in [0.25, 0.3) is 0 Å². The van der Waals surface area contributed by atoms with Gasteiger partial charge in [0.15, 0.2) is 5.17 Å². The first-order chi connectivity index (χ1) is 7.69. The van der Waals surface area contributed by atoms with E-state index in [1.807, 2.05) is 19.1 Å². The summed E-state index contributed by atoms with van der Waals surface area (Å²) in [5.74, 6) is 0.0360. The zero-order valence-electron chi connectivity index (χ0n) is 9.36. The van der Waals surface area contributed by atoms with Crippen molar-refractivity contribution in [2.45, 2.75) is 25.5 Å². The molecule has 1 fully saturated rings. The van der Waals surface area contributed by atoms with Crippen LogP contribution in [0.1, 0.15) is 19.4 Å². The molecule has 16 heavy (non-hydrogen) atoms. The number of hydrogen-bond donors (Lipinski definition) is 1. The zero-order valence-corrected chi connectivity index (χ0v) is 10.2. The van der Waals surface area contributed by atoms with E-state index < -0.39 is 0 Å². The Balaban J connectivity index is 2.14. The summed E-state index contributed by atoms with van der Waals surface area (Å²) in [6.45, 7) is 4.00. The van der Waals surface area contributed by atoms with Crippen molar-refractivity contribution < 1.29 is 4.79 Å². The second kappa shape index (κ2) is 4.70. The Kier molecular flexibility index (Phi) is 3.29. The Morgan fingerprint density at radius 2 is 2.06 bits per heavy atom. The molecule has 1 aliphatic heterocycles. The number of carbonyl (C=O) groups is 1. The molecule has 0 aliphatic carbocycles. The van der Waals surface area contributed by atoms with Crippen LogP contribution < -0.4 is 5.32 Å². The Bertz CT molecular complexity index is 425. The molecule has 84 valence electrons. The maximum absolute atomic E-state index is 11.3. The number of thioether (sulfide) groups is 1. The highest BCUT2D eigenvalue weighted by molar-refractivity contribution is 8.15. The highest BCUT2D eigenvalue weighted by Crippen LogP contribution is 2.22. The summed E-state index contributed by atoms with van der Waals surface area (Å²) in [4.78, 5) is 15.6. The maximum atomic E-state index is 11.3. The number of amidine groups is 1. The molecule has 1 unspecified atom stereocenters. The third-order valence-corrected chi connectivity index (χ3v) is 3.45. The van der Waals surface area contributed by atoms with Crippen molar-refractivity contribution in [1.29, 1.82) is 0 Å². The van der Waals surface area contributed by atoms with Gasteiger partial charge in [-0.3, -0.25) is 4.79 Å². The summed E-state index contributed by atoms with van der Waals surface area (Å²) >= 11 is 1.47. The van der Waals surface area contributed by atoms with Crippen LogP contribution in [0.25, 0.3) is 0 Å². The van der Waals surface area contributed by atoms with Gasteiger partial charge in [0.1, 0.15) is 0 Å². The SMILES string of the molecule is CCc1ccc(N=C2NC(=O)C(C)S2)cc1. The van der Waals surface area contributed by atoms with Gasteiger partial charge in [0.05, 0.1) is 10.9 Å². The summed E-state index contributed by atoms with van der Waals surface area (Å²) in [5.41, 5.74) is 2.18. The number of hydrogen-bond acceptors (Lipinski definition) is 3. The van der Waals surface area contributed by atoms with Crippen molar-refractivity contribution >= 4 is 28.5 Å². The van der Waals surface area contributed by atoms with E-state index in [0.717, 1.165) is 12.1 Å². The maximum Gasteiger partial charge on any atom is 0.239 e. The summed E-state index contributed by atoms with van der Waals surface area (Å²) < 4.78 is 0. The Hall–Kier alpha value is -1.29. The third kappa shape index (κ3) is 2.44. The van der Waals surface area contributed by atoms with Crippen LogP contribution in [0, 0.1) is 0 Å². The molecule has 4 heteroatoms. The second-order valence-electron chi connectivity index (χ2n) is 3.69. The van der Waals surface area contributed by atoms with Crippen molar-refractivity contribution in [3.8, 4) is 0 Å². The normalized spacial score (nSPS) is 22.5. The minimum atomic E-state index is -0.0336. The van der Waals surface area contributed by atoms with E-state index in [1.54, 1.807) is 0 Å². The summed E-state index contributed by atoms with van der Waals surface area (Å²) in [7, 11) is 0. The van der Waals surface area contributed by atoms with E-state index in [4.69, 9.17) is 0 Å². The molecule has 0 spiro atoms. The number of benzene rings is 1. The number of aliphatic imine (C=N–C) groups is 1. The lowest BCUT2D eigenvalue weighted by molar-refractivity contribution is -0.118.